The van der Waals surface area contributed by atoms with Crippen LogP contribution in [0.3, 0.4) is 0 Å². The van der Waals surface area contributed by atoms with Crippen molar-refractivity contribution in [1.29, 1.82) is 0 Å². The molecule has 2 bridgehead atoms. The van der Waals surface area contributed by atoms with Gasteiger partial charge in [-0.3, -0.25) is 4.79 Å². The zero-order valence-corrected chi connectivity index (χ0v) is 10.9. The maximum atomic E-state index is 12.3. The first kappa shape index (κ1) is 11.5. The summed E-state index contributed by atoms with van der Waals surface area (Å²) in [5.41, 5.74) is 1.14. The molecule has 2 aliphatic rings. The van der Waals surface area contributed by atoms with Crippen LogP contribution in [0.2, 0.25) is 0 Å². The van der Waals surface area contributed by atoms with Crippen LogP contribution in [-0.4, -0.2) is 5.91 Å². The summed E-state index contributed by atoms with van der Waals surface area (Å²) in [6.45, 7) is 4.55. The second kappa shape index (κ2) is 3.98. The Morgan fingerprint density at radius 3 is 2.50 bits per heavy atom. The lowest BCUT2D eigenvalue weighted by atomic mass is 9.79. The van der Waals surface area contributed by atoms with Crippen LogP contribution in [0.5, 0.6) is 0 Å². The predicted octanol–water partition coefficient (Wildman–Crippen LogP) is 3.47. The Bertz CT molecular complexity index is 489. The third kappa shape index (κ3) is 1.67. The van der Waals surface area contributed by atoms with E-state index in [1.807, 2.05) is 30.3 Å². The molecule has 0 radical (unpaired) electrons. The molecule has 2 aliphatic carbocycles. The fraction of sp³-hybridized carbons (Fsp3) is 0.438. The summed E-state index contributed by atoms with van der Waals surface area (Å²) in [6, 6.07) is 9.72. The minimum Gasteiger partial charge on any atom is -0.326 e. The quantitative estimate of drug-likeness (QED) is 0.789. The Morgan fingerprint density at radius 1 is 1.22 bits per heavy atom. The zero-order valence-electron chi connectivity index (χ0n) is 10.9. The lowest BCUT2D eigenvalue weighted by Gasteiger charge is -2.25. The van der Waals surface area contributed by atoms with Gasteiger partial charge in [0, 0.05) is 11.6 Å². The van der Waals surface area contributed by atoms with Crippen LogP contribution in [0.4, 0.5) is 5.69 Å². The normalized spacial score (nSPS) is 31.6. The topological polar surface area (TPSA) is 29.1 Å². The molecular weight excluding hydrogens is 222 g/mol. The van der Waals surface area contributed by atoms with Crippen LogP contribution in [-0.2, 0) is 4.79 Å². The van der Waals surface area contributed by atoms with Gasteiger partial charge in [0.25, 0.3) is 0 Å². The molecule has 1 fully saturated rings. The fourth-order valence-corrected chi connectivity index (χ4v) is 3.48. The molecule has 0 heterocycles. The minimum absolute atomic E-state index is 0.134. The van der Waals surface area contributed by atoms with Gasteiger partial charge >= 0.3 is 0 Å². The number of rotatable bonds is 2. The van der Waals surface area contributed by atoms with Crippen molar-refractivity contribution in [3.8, 4) is 0 Å². The molecule has 0 saturated heterocycles. The number of carbonyl (C=O) groups is 1. The minimum atomic E-state index is 0.134. The highest BCUT2D eigenvalue weighted by molar-refractivity contribution is 5.93. The maximum absolute atomic E-state index is 12.3. The maximum Gasteiger partial charge on any atom is 0.228 e. The van der Waals surface area contributed by atoms with Crippen molar-refractivity contribution in [1.82, 2.24) is 0 Å². The number of allylic oxidation sites excluding steroid dienone is 2. The molecule has 94 valence electrons. The molecule has 3 unspecified atom stereocenters. The van der Waals surface area contributed by atoms with Crippen molar-refractivity contribution >= 4 is 11.6 Å². The number of nitrogens with one attached hydrogen (secondary N) is 1. The second-order valence-corrected chi connectivity index (χ2v) is 6.04. The summed E-state index contributed by atoms with van der Waals surface area (Å²) in [6.07, 6.45) is 5.52. The van der Waals surface area contributed by atoms with Gasteiger partial charge in [-0.25, -0.2) is 0 Å². The number of anilines is 1. The molecule has 0 aliphatic heterocycles. The summed E-state index contributed by atoms with van der Waals surface area (Å²) in [5, 5.41) is 3.03. The summed E-state index contributed by atoms with van der Waals surface area (Å²) >= 11 is 0. The van der Waals surface area contributed by atoms with Crippen LogP contribution in [0.25, 0.3) is 0 Å². The molecule has 3 rings (SSSR count). The lowest BCUT2D eigenvalue weighted by Crippen LogP contribution is -2.28. The largest absolute Gasteiger partial charge is 0.326 e. The van der Waals surface area contributed by atoms with Gasteiger partial charge in [-0.2, -0.15) is 0 Å². The van der Waals surface area contributed by atoms with Gasteiger partial charge in [0.05, 0.1) is 0 Å². The number of fused-ring (bicyclic) bond motifs is 2. The highest BCUT2D eigenvalue weighted by Gasteiger charge is 2.52. The third-order valence-electron chi connectivity index (χ3n) is 4.68. The summed E-state index contributed by atoms with van der Waals surface area (Å²) in [4.78, 5) is 12.3. The molecular formula is C16H19NO. The van der Waals surface area contributed by atoms with Crippen molar-refractivity contribution < 1.29 is 4.79 Å². The number of hydrogen-bond acceptors (Lipinski definition) is 1. The van der Waals surface area contributed by atoms with Gasteiger partial charge in [0.2, 0.25) is 5.91 Å². The van der Waals surface area contributed by atoms with Gasteiger partial charge in [-0.05, 0) is 35.8 Å². The zero-order chi connectivity index (χ0) is 12.8. The Labute approximate surface area is 108 Å². The van der Waals surface area contributed by atoms with Crippen molar-refractivity contribution in [2.45, 2.75) is 20.3 Å². The van der Waals surface area contributed by atoms with Gasteiger partial charge < -0.3 is 5.32 Å². The predicted molar refractivity (Wildman–Crippen MR) is 73.1 cm³/mol. The fourth-order valence-electron chi connectivity index (χ4n) is 3.48. The highest BCUT2D eigenvalue weighted by atomic mass is 16.1. The molecule has 0 spiro atoms. The summed E-state index contributed by atoms with van der Waals surface area (Å²) < 4.78 is 0. The van der Waals surface area contributed by atoms with Gasteiger partial charge in [-0.15, -0.1) is 0 Å². The summed E-state index contributed by atoms with van der Waals surface area (Å²) in [5.74, 6) is 1.27. The van der Waals surface area contributed by atoms with Gasteiger partial charge in [0.15, 0.2) is 0 Å². The van der Waals surface area contributed by atoms with Gasteiger partial charge in [-0.1, -0.05) is 44.2 Å². The van der Waals surface area contributed by atoms with E-state index in [0.717, 1.165) is 12.1 Å². The molecule has 1 amide bonds. The van der Waals surface area contributed by atoms with E-state index in [4.69, 9.17) is 0 Å². The number of amides is 1. The number of para-hydroxylation sites is 1. The van der Waals surface area contributed by atoms with E-state index in [-0.39, 0.29) is 17.2 Å². The van der Waals surface area contributed by atoms with E-state index in [2.05, 4.69) is 31.3 Å². The Morgan fingerprint density at radius 2 is 1.94 bits per heavy atom. The van der Waals surface area contributed by atoms with Crippen molar-refractivity contribution in [2.75, 3.05) is 5.32 Å². The molecule has 1 N–H and O–H groups in total. The van der Waals surface area contributed by atoms with Crippen LogP contribution < -0.4 is 5.32 Å². The number of hydrogen-bond donors (Lipinski definition) is 1. The Hall–Kier alpha value is -1.57. The molecule has 2 heteroatoms. The number of carbonyl (C=O) groups excluding carboxylic acids is 1. The second-order valence-electron chi connectivity index (χ2n) is 6.04. The standard InChI is InChI=1S/C16H19NO/c1-16(2)11-8-9-14(16)13(10-11)15(18)17-12-6-4-3-5-7-12/h3-9,11,13-14H,10H2,1-2H3,(H,17,18). The van der Waals surface area contributed by atoms with Crippen LogP contribution in [0, 0.1) is 23.2 Å². The molecule has 3 atom stereocenters. The van der Waals surface area contributed by atoms with Crippen LogP contribution >= 0.6 is 0 Å². The van der Waals surface area contributed by atoms with Crippen molar-refractivity contribution in [3.63, 3.8) is 0 Å². The highest BCUT2D eigenvalue weighted by Crippen LogP contribution is 2.56. The first-order valence-corrected chi connectivity index (χ1v) is 6.63. The monoisotopic (exact) mass is 241 g/mol. The van der Waals surface area contributed by atoms with Crippen LogP contribution in [0.15, 0.2) is 42.5 Å². The first-order valence-electron chi connectivity index (χ1n) is 6.63. The molecule has 1 aromatic rings. The van der Waals surface area contributed by atoms with E-state index in [0.29, 0.717) is 11.8 Å². The van der Waals surface area contributed by atoms with Crippen molar-refractivity contribution in [2.24, 2.45) is 23.2 Å². The van der Waals surface area contributed by atoms with Gasteiger partial charge in [0.1, 0.15) is 0 Å². The number of benzene rings is 1. The SMILES string of the molecule is CC1(C)C2C=CC1C(C(=O)Nc1ccccc1)C2. The molecule has 18 heavy (non-hydrogen) atoms. The molecule has 1 saturated carbocycles. The Balaban J connectivity index is 1.74. The smallest absolute Gasteiger partial charge is 0.228 e. The lowest BCUT2D eigenvalue weighted by molar-refractivity contribution is -0.120. The summed E-state index contributed by atoms with van der Waals surface area (Å²) in [7, 11) is 0. The Kier molecular flexibility index (Phi) is 2.54. The average molecular weight is 241 g/mol. The average Bonchev–Trinajstić information content (AvgIpc) is 2.79. The van der Waals surface area contributed by atoms with Crippen molar-refractivity contribution in [3.05, 3.63) is 42.5 Å². The van der Waals surface area contributed by atoms with Crippen LogP contribution in [0.1, 0.15) is 20.3 Å². The molecule has 0 aromatic heterocycles. The van der Waals surface area contributed by atoms with E-state index < -0.39 is 0 Å². The van der Waals surface area contributed by atoms with E-state index in [1.165, 1.54) is 0 Å². The van der Waals surface area contributed by atoms with E-state index in [9.17, 15) is 4.79 Å². The third-order valence-corrected chi connectivity index (χ3v) is 4.68. The first-order chi connectivity index (χ1) is 8.59. The van der Waals surface area contributed by atoms with E-state index in [1.54, 1.807) is 0 Å². The van der Waals surface area contributed by atoms with E-state index >= 15 is 0 Å². The molecule has 2 nitrogen and oxygen atoms in total. The molecule has 1 aromatic carbocycles.